The first-order valence-corrected chi connectivity index (χ1v) is 7.67. The number of fused-ring (bicyclic) bond motifs is 2. The smallest absolute Gasteiger partial charge is 0.0175 e. The lowest BCUT2D eigenvalue weighted by molar-refractivity contribution is 0.105. The average Bonchev–Trinajstić information content (AvgIpc) is 2.98. The number of nitrogens with one attached hydrogen (secondary N) is 1. The van der Waals surface area contributed by atoms with E-state index in [-0.39, 0.29) is 0 Å². The van der Waals surface area contributed by atoms with Gasteiger partial charge in [-0.05, 0) is 67.2 Å². The zero-order chi connectivity index (χ0) is 12.3. The molecule has 1 N–H and O–H groups in total. The number of rotatable bonds is 4. The van der Waals surface area contributed by atoms with Gasteiger partial charge in [0.05, 0.1) is 0 Å². The molecule has 0 aromatic rings. The molecule has 1 nitrogen and oxygen atoms in total. The van der Waals surface area contributed by atoms with Gasteiger partial charge in [0.25, 0.3) is 0 Å². The van der Waals surface area contributed by atoms with Crippen molar-refractivity contribution in [1.29, 1.82) is 0 Å². The Kier molecular flexibility index (Phi) is 2.63. The summed E-state index contributed by atoms with van der Waals surface area (Å²) in [6.07, 6.45) is 7.36. The maximum absolute atomic E-state index is 3.96. The van der Waals surface area contributed by atoms with E-state index >= 15 is 0 Å². The van der Waals surface area contributed by atoms with Crippen molar-refractivity contribution in [3.63, 3.8) is 0 Å². The second kappa shape index (κ2) is 3.73. The summed E-state index contributed by atoms with van der Waals surface area (Å²) >= 11 is 0. The lowest BCUT2D eigenvalue weighted by Gasteiger charge is -2.43. The van der Waals surface area contributed by atoms with Gasteiger partial charge in [0.15, 0.2) is 0 Å². The summed E-state index contributed by atoms with van der Waals surface area (Å²) in [5.41, 5.74) is 1.12. The largest absolute Gasteiger partial charge is 0.313 e. The fraction of sp³-hybridized carbons (Fsp3) is 1.00. The van der Waals surface area contributed by atoms with Gasteiger partial charge in [-0.3, -0.25) is 0 Å². The zero-order valence-corrected chi connectivity index (χ0v) is 12.1. The highest BCUT2D eigenvalue weighted by molar-refractivity contribution is 5.12. The summed E-state index contributed by atoms with van der Waals surface area (Å²) in [7, 11) is 0. The molecule has 1 heteroatoms. The summed E-state index contributed by atoms with van der Waals surface area (Å²) in [4.78, 5) is 0. The Morgan fingerprint density at radius 2 is 1.88 bits per heavy atom. The quantitative estimate of drug-likeness (QED) is 0.781. The van der Waals surface area contributed by atoms with E-state index in [4.69, 9.17) is 0 Å². The minimum absolute atomic E-state index is 0.524. The Labute approximate surface area is 107 Å². The van der Waals surface area contributed by atoms with Crippen LogP contribution in [0.5, 0.6) is 0 Å². The lowest BCUT2D eigenvalue weighted by atomic mass is 9.68. The second-order valence-electron chi connectivity index (χ2n) is 8.07. The molecule has 17 heavy (non-hydrogen) atoms. The highest BCUT2D eigenvalue weighted by atomic mass is 15.0. The molecule has 0 aromatic heterocycles. The first-order valence-electron chi connectivity index (χ1n) is 7.67. The molecule has 0 amide bonds. The van der Waals surface area contributed by atoms with Crippen molar-refractivity contribution in [1.82, 2.24) is 5.32 Å². The standard InChI is InChI=1S/C16H29N/c1-11(12-5-6-12)10-17-14-15(2,3)13-7-8-16(14,4)9-13/h11-14,17H,5-10H2,1-4H3. The Hall–Kier alpha value is -0.0400. The first kappa shape index (κ1) is 12.0. The molecule has 0 spiro atoms. The van der Waals surface area contributed by atoms with E-state index in [1.54, 1.807) is 0 Å². The van der Waals surface area contributed by atoms with E-state index < -0.39 is 0 Å². The van der Waals surface area contributed by atoms with Crippen LogP contribution >= 0.6 is 0 Å². The van der Waals surface area contributed by atoms with Gasteiger partial charge in [-0.15, -0.1) is 0 Å². The molecule has 3 fully saturated rings. The fourth-order valence-corrected chi connectivity index (χ4v) is 4.95. The van der Waals surface area contributed by atoms with Crippen molar-refractivity contribution in [2.24, 2.45) is 28.6 Å². The molecule has 0 aromatic carbocycles. The molecule has 3 aliphatic rings. The monoisotopic (exact) mass is 235 g/mol. The van der Waals surface area contributed by atoms with E-state index in [0.29, 0.717) is 10.8 Å². The zero-order valence-electron chi connectivity index (χ0n) is 12.1. The van der Waals surface area contributed by atoms with Crippen LogP contribution in [0.2, 0.25) is 0 Å². The van der Waals surface area contributed by atoms with Crippen LogP contribution in [-0.2, 0) is 0 Å². The summed E-state index contributed by atoms with van der Waals surface area (Å²) < 4.78 is 0. The van der Waals surface area contributed by atoms with Gasteiger partial charge in [0.2, 0.25) is 0 Å². The summed E-state index contributed by atoms with van der Waals surface area (Å²) in [6.45, 7) is 11.2. The first-order chi connectivity index (χ1) is 7.93. The molecule has 3 rings (SSSR count). The summed E-state index contributed by atoms with van der Waals surface area (Å²) in [5.74, 6) is 2.91. The molecule has 3 saturated carbocycles. The maximum atomic E-state index is 3.96. The van der Waals surface area contributed by atoms with Crippen LogP contribution in [0.1, 0.15) is 59.8 Å². The summed E-state index contributed by atoms with van der Waals surface area (Å²) in [5, 5.41) is 3.96. The Morgan fingerprint density at radius 3 is 2.41 bits per heavy atom. The minimum Gasteiger partial charge on any atom is -0.313 e. The van der Waals surface area contributed by atoms with Crippen LogP contribution in [0, 0.1) is 28.6 Å². The van der Waals surface area contributed by atoms with Crippen molar-refractivity contribution in [2.75, 3.05) is 6.54 Å². The van der Waals surface area contributed by atoms with Gasteiger partial charge >= 0.3 is 0 Å². The Bertz CT molecular complexity index is 300. The van der Waals surface area contributed by atoms with E-state index in [1.807, 2.05) is 0 Å². The van der Waals surface area contributed by atoms with E-state index in [9.17, 15) is 0 Å². The van der Waals surface area contributed by atoms with E-state index in [1.165, 1.54) is 38.6 Å². The predicted octanol–water partition coefficient (Wildman–Crippen LogP) is 3.84. The molecule has 0 saturated heterocycles. The molecule has 0 radical (unpaired) electrons. The topological polar surface area (TPSA) is 12.0 Å². The maximum Gasteiger partial charge on any atom is 0.0175 e. The van der Waals surface area contributed by atoms with Crippen LogP contribution in [0.4, 0.5) is 0 Å². The number of hydrogen-bond acceptors (Lipinski definition) is 1. The van der Waals surface area contributed by atoms with Crippen LogP contribution in [0.15, 0.2) is 0 Å². The third-order valence-corrected chi connectivity index (χ3v) is 6.34. The van der Waals surface area contributed by atoms with Gasteiger partial charge in [-0.2, -0.15) is 0 Å². The predicted molar refractivity (Wildman–Crippen MR) is 72.9 cm³/mol. The van der Waals surface area contributed by atoms with Crippen LogP contribution in [-0.4, -0.2) is 12.6 Å². The lowest BCUT2D eigenvalue weighted by Crippen LogP contribution is -2.51. The molecule has 4 unspecified atom stereocenters. The van der Waals surface area contributed by atoms with Gasteiger partial charge in [-0.25, -0.2) is 0 Å². The molecule has 2 bridgehead atoms. The molecule has 98 valence electrons. The van der Waals surface area contributed by atoms with Crippen molar-refractivity contribution >= 4 is 0 Å². The molecular formula is C16H29N. The van der Waals surface area contributed by atoms with Gasteiger partial charge < -0.3 is 5.32 Å². The van der Waals surface area contributed by atoms with Crippen LogP contribution in [0.3, 0.4) is 0 Å². The average molecular weight is 235 g/mol. The van der Waals surface area contributed by atoms with Crippen LogP contribution < -0.4 is 5.32 Å². The Balaban J connectivity index is 1.65. The van der Waals surface area contributed by atoms with Gasteiger partial charge in [0, 0.05) is 6.04 Å². The van der Waals surface area contributed by atoms with Gasteiger partial charge in [-0.1, -0.05) is 27.7 Å². The van der Waals surface area contributed by atoms with E-state index in [2.05, 4.69) is 33.0 Å². The second-order valence-corrected chi connectivity index (χ2v) is 8.07. The molecule has 0 heterocycles. The highest BCUT2D eigenvalue weighted by Crippen LogP contribution is 2.62. The normalized spacial score (nSPS) is 45.2. The van der Waals surface area contributed by atoms with E-state index in [0.717, 1.165) is 23.8 Å². The Morgan fingerprint density at radius 1 is 1.18 bits per heavy atom. The fourth-order valence-electron chi connectivity index (χ4n) is 4.95. The highest BCUT2D eigenvalue weighted by Gasteiger charge is 2.58. The molecule has 0 aliphatic heterocycles. The van der Waals surface area contributed by atoms with Crippen molar-refractivity contribution in [2.45, 2.75) is 65.8 Å². The molecule has 4 atom stereocenters. The molecule has 3 aliphatic carbocycles. The summed E-state index contributed by atoms with van der Waals surface area (Å²) in [6, 6.07) is 0.759. The van der Waals surface area contributed by atoms with Crippen molar-refractivity contribution < 1.29 is 0 Å². The van der Waals surface area contributed by atoms with Gasteiger partial charge in [0.1, 0.15) is 0 Å². The molecular weight excluding hydrogens is 206 g/mol. The third-order valence-electron chi connectivity index (χ3n) is 6.34. The number of hydrogen-bond donors (Lipinski definition) is 1. The SMILES string of the molecule is CC(CNC1C2(C)CCC(C2)C1(C)C)C1CC1. The minimum atomic E-state index is 0.524. The third kappa shape index (κ3) is 1.85. The van der Waals surface area contributed by atoms with Crippen molar-refractivity contribution in [3.05, 3.63) is 0 Å². The van der Waals surface area contributed by atoms with Crippen LogP contribution in [0.25, 0.3) is 0 Å². The van der Waals surface area contributed by atoms with Crippen molar-refractivity contribution in [3.8, 4) is 0 Å².